The van der Waals surface area contributed by atoms with Gasteiger partial charge in [-0.25, -0.2) is 0 Å². The summed E-state index contributed by atoms with van der Waals surface area (Å²) in [6, 6.07) is 0. The third-order valence-electron chi connectivity index (χ3n) is 1.77. The molecule has 0 amide bonds. The molecular formula is C8H10BrI. The van der Waals surface area contributed by atoms with Crippen molar-refractivity contribution < 1.29 is 0 Å². The number of hydrogen-bond acceptors (Lipinski definition) is 0. The predicted octanol–water partition coefficient (Wildman–Crippen LogP) is 3.81. The average molecular weight is 313 g/mol. The van der Waals surface area contributed by atoms with Gasteiger partial charge in [0, 0.05) is 7.90 Å². The summed E-state index contributed by atoms with van der Waals surface area (Å²) in [5.74, 6) is 0. The molecule has 1 aliphatic rings. The number of halogens is 2. The lowest BCUT2D eigenvalue weighted by Crippen LogP contribution is -2.16. The van der Waals surface area contributed by atoms with Gasteiger partial charge in [-0.3, -0.25) is 0 Å². The predicted molar refractivity (Wildman–Crippen MR) is 57.8 cm³/mol. The molecule has 1 atom stereocenters. The molecule has 0 bridgehead atoms. The summed E-state index contributed by atoms with van der Waals surface area (Å²) in [6.07, 6.45) is 9.01. The minimum Gasteiger partial charge on any atom is -0.0740 e. The van der Waals surface area contributed by atoms with Crippen LogP contribution in [0, 0.1) is 0 Å². The summed E-state index contributed by atoms with van der Waals surface area (Å²) in [4.78, 5) is 0. The van der Waals surface area contributed by atoms with Crippen LogP contribution in [0.3, 0.4) is 0 Å². The van der Waals surface area contributed by atoms with E-state index in [9.17, 15) is 0 Å². The molecule has 1 unspecified atom stereocenters. The van der Waals surface area contributed by atoms with Crippen molar-refractivity contribution in [2.45, 2.75) is 23.2 Å². The van der Waals surface area contributed by atoms with Crippen molar-refractivity contribution in [2.75, 3.05) is 0 Å². The van der Waals surface area contributed by atoms with Crippen LogP contribution in [0.25, 0.3) is 0 Å². The summed E-state index contributed by atoms with van der Waals surface area (Å²) in [5, 5.41) is 0. The van der Waals surface area contributed by atoms with Crippen LogP contribution >= 0.6 is 38.5 Å². The average Bonchev–Trinajstić information content (AvgIpc) is 1.96. The van der Waals surface area contributed by atoms with E-state index < -0.39 is 0 Å². The molecule has 0 saturated heterocycles. The third kappa shape index (κ3) is 2.09. The van der Waals surface area contributed by atoms with Gasteiger partial charge < -0.3 is 0 Å². The van der Waals surface area contributed by atoms with Crippen molar-refractivity contribution in [1.82, 2.24) is 0 Å². The van der Waals surface area contributed by atoms with Crippen molar-refractivity contribution in [3.05, 3.63) is 22.7 Å². The Morgan fingerprint density at radius 1 is 1.80 bits per heavy atom. The number of allylic oxidation sites excluding steroid dienone is 4. The molecule has 2 heteroatoms. The van der Waals surface area contributed by atoms with E-state index in [2.05, 4.69) is 63.7 Å². The second kappa shape index (κ2) is 3.39. The first-order chi connectivity index (χ1) is 4.66. The van der Waals surface area contributed by atoms with Gasteiger partial charge in [0.2, 0.25) is 0 Å². The van der Waals surface area contributed by atoms with E-state index in [4.69, 9.17) is 0 Å². The highest BCUT2D eigenvalue weighted by Gasteiger charge is 2.21. The highest BCUT2D eigenvalue weighted by molar-refractivity contribution is 14.1. The van der Waals surface area contributed by atoms with Gasteiger partial charge in [0.15, 0.2) is 0 Å². The number of alkyl halides is 1. The Labute approximate surface area is 84.0 Å². The molecule has 0 N–H and O–H groups in total. The van der Waals surface area contributed by atoms with Gasteiger partial charge in [0.25, 0.3) is 0 Å². The van der Waals surface area contributed by atoms with Gasteiger partial charge >= 0.3 is 0 Å². The Kier molecular flexibility index (Phi) is 2.98. The number of rotatable bonds is 1. The summed E-state index contributed by atoms with van der Waals surface area (Å²) < 4.78 is 1.60. The Balaban J connectivity index is 2.67. The molecule has 0 radical (unpaired) electrons. The lowest BCUT2D eigenvalue weighted by molar-refractivity contribution is 0.720. The van der Waals surface area contributed by atoms with Crippen LogP contribution < -0.4 is 0 Å². The van der Waals surface area contributed by atoms with E-state index in [0.29, 0.717) is 3.42 Å². The zero-order valence-corrected chi connectivity index (χ0v) is 9.65. The summed E-state index contributed by atoms with van der Waals surface area (Å²) in [6.45, 7) is 2.23. The molecular weight excluding hydrogens is 303 g/mol. The van der Waals surface area contributed by atoms with Crippen LogP contribution in [0.2, 0.25) is 0 Å². The first-order valence-electron chi connectivity index (χ1n) is 3.40. The third-order valence-corrected chi connectivity index (χ3v) is 3.92. The molecule has 0 aromatic rings. The van der Waals surface area contributed by atoms with E-state index in [1.165, 1.54) is 10.9 Å². The first kappa shape index (κ1) is 8.78. The van der Waals surface area contributed by atoms with E-state index in [-0.39, 0.29) is 0 Å². The fraction of sp³-hybridized carbons (Fsp3) is 0.500. The van der Waals surface area contributed by atoms with E-state index in [0.717, 1.165) is 6.42 Å². The smallest absolute Gasteiger partial charge is 0.0436 e. The van der Waals surface area contributed by atoms with Gasteiger partial charge in [-0.05, 0) is 12.8 Å². The van der Waals surface area contributed by atoms with Crippen molar-refractivity contribution >= 4 is 38.5 Å². The molecule has 0 fully saturated rings. The highest BCUT2D eigenvalue weighted by Crippen LogP contribution is 2.34. The largest absolute Gasteiger partial charge is 0.0740 e. The lowest BCUT2D eigenvalue weighted by atomic mass is 9.98. The van der Waals surface area contributed by atoms with Gasteiger partial charge in [0.05, 0.1) is 0 Å². The van der Waals surface area contributed by atoms with Crippen molar-refractivity contribution in [1.29, 1.82) is 0 Å². The SMILES string of the molecule is CCC1(I)C=CC(Br)=CC1. The Hall–Kier alpha value is 0.690. The van der Waals surface area contributed by atoms with Gasteiger partial charge in [-0.15, -0.1) is 0 Å². The fourth-order valence-corrected chi connectivity index (χ4v) is 1.59. The van der Waals surface area contributed by atoms with Crippen LogP contribution in [-0.4, -0.2) is 3.42 Å². The van der Waals surface area contributed by atoms with Crippen molar-refractivity contribution in [2.24, 2.45) is 0 Å². The second-order valence-electron chi connectivity index (χ2n) is 2.51. The maximum absolute atomic E-state index is 3.44. The zero-order chi connectivity index (χ0) is 7.61. The van der Waals surface area contributed by atoms with Gasteiger partial charge in [-0.1, -0.05) is 63.7 Å². The molecule has 0 nitrogen and oxygen atoms in total. The van der Waals surface area contributed by atoms with Crippen LogP contribution in [0.5, 0.6) is 0 Å². The van der Waals surface area contributed by atoms with Gasteiger partial charge in [0.1, 0.15) is 0 Å². The molecule has 56 valence electrons. The highest BCUT2D eigenvalue weighted by atomic mass is 127. The standard InChI is InChI=1S/C8H10BrI/c1-2-8(10)5-3-7(9)4-6-8/h3-5H,2,6H2,1H3. The monoisotopic (exact) mass is 312 g/mol. The molecule has 0 saturated carbocycles. The van der Waals surface area contributed by atoms with Crippen molar-refractivity contribution in [3.63, 3.8) is 0 Å². The van der Waals surface area contributed by atoms with Crippen LogP contribution in [-0.2, 0) is 0 Å². The molecule has 1 rings (SSSR count). The minimum atomic E-state index is 0.384. The molecule has 0 heterocycles. The zero-order valence-electron chi connectivity index (χ0n) is 5.90. The van der Waals surface area contributed by atoms with Gasteiger partial charge in [-0.2, -0.15) is 0 Å². The summed E-state index contributed by atoms with van der Waals surface area (Å²) >= 11 is 5.95. The second-order valence-corrected chi connectivity index (χ2v) is 5.58. The molecule has 0 aromatic heterocycles. The molecule has 0 spiro atoms. The topological polar surface area (TPSA) is 0 Å². The van der Waals surface area contributed by atoms with E-state index in [1.807, 2.05) is 0 Å². The van der Waals surface area contributed by atoms with Crippen LogP contribution in [0.15, 0.2) is 22.7 Å². The number of hydrogen-bond donors (Lipinski definition) is 0. The first-order valence-corrected chi connectivity index (χ1v) is 5.27. The van der Waals surface area contributed by atoms with E-state index in [1.54, 1.807) is 0 Å². The van der Waals surface area contributed by atoms with E-state index >= 15 is 0 Å². The lowest BCUT2D eigenvalue weighted by Gasteiger charge is -2.22. The quantitative estimate of drug-likeness (QED) is 0.510. The Bertz CT molecular complexity index is 184. The summed E-state index contributed by atoms with van der Waals surface area (Å²) in [5.41, 5.74) is 0. The maximum atomic E-state index is 3.44. The molecule has 10 heavy (non-hydrogen) atoms. The normalized spacial score (nSPS) is 32.1. The molecule has 0 aliphatic heterocycles. The van der Waals surface area contributed by atoms with Crippen molar-refractivity contribution in [3.8, 4) is 0 Å². The maximum Gasteiger partial charge on any atom is 0.0436 e. The Morgan fingerprint density at radius 2 is 2.50 bits per heavy atom. The summed E-state index contributed by atoms with van der Waals surface area (Å²) in [7, 11) is 0. The molecule has 0 aromatic carbocycles. The fourth-order valence-electron chi connectivity index (χ4n) is 0.894. The molecule has 1 aliphatic carbocycles. The minimum absolute atomic E-state index is 0.384. The van der Waals surface area contributed by atoms with Crippen LogP contribution in [0.4, 0.5) is 0 Å². The van der Waals surface area contributed by atoms with Crippen LogP contribution in [0.1, 0.15) is 19.8 Å². The Morgan fingerprint density at radius 3 is 2.90 bits per heavy atom.